The van der Waals surface area contributed by atoms with Crippen LogP contribution in [0.5, 0.6) is 0 Å². The highest BCUT2D eigenvalue weighted by atomic mass is 16.5. The number of benzene rings is 1. The van der Waals surface area contributed by atoms with Crippen LogP contribution in [-0.2, 0) is 11.3 Å². The zero-order valence-corrected chi connectivity index (χ0v) is 9.48. The summed E-state index contributed by atoms with van der Waals surface area (Å²) in [6, 6.07) is 11.6. The number of nitrogens with one attached hydrogen (secondary N) is 1. The predicted octanol–water partition coefficient (Wildman–Crippen LogP) is 2.36. The molecule has 1 N–H and O–H groups in total. The summed E-state index contributed by atoms with van der Waals surface area (Å²) in [5, 5.41) is 11.6. The van der Waals surface area contributed by atoms with E-state index in [0.717, 1.165) is 12.0 Å². The number of ether oxygens (including phenoxy) is 1. The zero-order chi connectivity index (χ0) is 12.1. The second kappa shape index (κ2) is 4.88. The lowest BCUT2D eigenvalue weighted by Gasteiger charge is -2.35. The summed E-state index contributed by atoms with van der Waals surface area (Å²) in [4.78, 5) is 11.5. The van der Waals surface area contributed by atoms with Gasteiger partial charge in [-0.05, 0) is 24.8 Å². The van der Waals surface area contributed by atoms with E-state index in [-0.39, 0.29) is 6.61 Å². The first-order chi connectivity index (χ1) is 8.24. The van der Waals surface area contributed by atoms with Gasteiger partial charge in [0.05, 0.1) is 6.07 Å². The fourth-order valence-electron chi connectivity index (χ4n) is 1.75. The lowest BCUT2D eigenvalue weighted by atomic mass is 9.78. The van der Waals surface area contributed by atoms with Crippen molar-refractivity contribution in [2.45, 2.75) is 31.4 Å². The monoisotopic (exact) mass is 230 g/mol. The molecule has 4 nitrogen and oxygen atoms in total. The van der Waals surface area contributed by atoms with Crippen molar-refractivity contribution < 1.29 is 9.53 Å². The van der Waals surface area contributed by atoms with Crippen molar-refractivity contribution in [1.29, 1.82) is 5.26 Å². The highest BCUT2D eigenvalue weighted by Gasteiger charge is 2.39. The first kappa shape index (κ1) is 11.5. The van der Waals surface area contributed by atoms with Crippen LogP contribution >= 0.6 is 0 Å². The van der Waals surface area contributed by atoms with Crippen molar-refractivity contribution in [1.82, 2.24) is 5.32 Å². The molecular weight excluding hydrogens is 216 g/mol. The van der Waals surface area contributed by atoms with Crippen LogP contribution < -0.4 is 5.32 Å². The lowest BCUT2D eigenvalue weighted by Crippen LogP contribution is -2.52. The molecule has 17 heavy (non-hydrogen) atoms. The maximum atomic E-state index is 11.5. The third kappa shape index (κ3) is 2.76. The maximum Gasteiger partial charge on any atom is 0.408 e. The Morgan fingerprint density at radius 3 is 2.65 bits per heavy atom. The molecular formula is C13H14N2O2. The normalized spacial score (nSPS) is 16.4. The van der Waals surface area contributed by atoms with E-state index in [1.54, 1.807) is 0 Å². The van der Waals surface area contributed by atoms with Gasteiger partial charge < -0.3 is 10.1 Å². The smallest absolute Gasteiger partial charge is 0.408 e. The molecule has 0 saturated heterocycles. The SMILES string of the molecule is N#CC1(NC(=O)OCc2ccccc2)CCC1. The fourth-order valence-corrected chi connectivity index (χ4v) is 1.75. The third-order valence-corrected chi connectivity index (χ3v) is 2.98. The lowest BCUT2D eigenvalue weighted by molar-refractivity contribution is 0.121. The standard InChI is InChI=1S/C13H14N2O2/c14-10-13(7-4-8-13)15-12(16)17-9-11-5-2-1-3-6-11/h1-3,5-6H,4,7-9H2,(H,15,16). The average molecular weight is 230 g/mol. The van der Waals surface area contributed by atoms with Crippen LogP contribution in [0.3, 0.4) is 0 Å². The minimum Gasteiger partial charge on any atom is -0.445 e. The zero-order valence-electron chi connectivity index (χ0n) is 9.48. The van der Waals surface area contributed by atoms with Crippen molar-refractivity contribution in [2.24, 2.45) is 0 Å². The van der Waals surface area contributed by atoms with E-state index in [2.05, 4.69) is 11.4 Å². The van der Waals surface area contributed by atoms with Crippen molar-refractivity contribution in [3.8, 4) is 6.07 Å². The Morgan fingerprint density at radius 2 is 2.12 bits per heavy atom. The maximum absolute atomic E-state index is 11.5. The van der Waals surface area contributed by atoms with Gasteiger partial charge in [0.1, 0.15) is 12.1 Å². The first-order valence-corrected chi connectivity index (χ1v) is 5.64. The Hall–Kier alpha value is -2.02. The van der Waals surface area contributed by atoms with Gasteiger partial charge in [-0.25, -0.2) is 4.79 Å². The molecule has 0 radical (unpaired) electrons. The largest absolute Gasteiger partial charge is 0.445 e. The van der Waals surface area contributed by atoms with Gasteiger partial charge in [0.15, 0.2) is 0 Å². The summed E-state index contributed by atoms with van der Waals surface area (Å²) < 4.78 is 5.06. The van der Waals surface area contributed by atoms with E-state index in [1.807, 2.05) is 30.3 Å². The highest BCUT2D eigenvalue weighted by Crippen LogP contribution is 2.30. The number of nitriles is 1. The predicted molar refractivity (Wildman–Crippen MR) is 62.0 cm³/mol. The Bertz CT molecular complexity index is 432. The van der Waals surface area contributed by atoms with E-state index in [0.29, 0.717) is 12.8 Å². The van der Waals surface area contributed by atoms with E-state index < -0.39 is 11.6 Å². The molecule has 4 heteroatoms. The van der Waals surface area contributed by atoms with Crippen LogP contribution in [0, 0.1) is 11.3 Å². The molecule has 1 aromatic rings. The van der Waals surface area contributed by atoms with Gasteiger partial charge in [-0.15, -0.1) is 0 Å². The van der Waals surface area contributed by atoms with Gasteiger partial charge in [-0.3, -0.25) is 0 Å². The highest BCUT2D eigenvalue weighted by molar-refractivity contribution is 5.69. The number of hydrogen-bond acceptors (Lipinski definition) is 3. The second-order valence-electron chi connectivity index (χ2n) is 4.23. The van der Waals surface area contributed by atoms with Crippen LogP contribution in [0.15, 0.2) is 30.3 Å². The van der Waals surface area contributed by atoms with Crippen molar-refractivity contribution >= 4 is 6.09 Å². The second-order valence-corrected chi connectivity index (χ2v) is 4.23. The number of nitrogens with zero attached hydrogens (tertiary/aromatic N) is 1. The van der Waals surface area contributed by atoms with E-state index in [4.69, 9.17) is 10.00 Å². The topological polar surface area (TPSA) is 62.1 Å². The Labute approximate surface area is 100 Å². The Kier molecular flexibility index (Phi) is 3.29. The van der Waals surface area contributed by atoms with Crippen LogP contribution in [0.4, 0.5) is 4.79 Å². The van der Waals surface area contributed by atoms with Crippen LogP contribution in [0.25, 0.3) is 0 Å². The minimum atomic E-state index is -0.687. The molecule has 0 bridgehead atoms. The Balaban J connectivity index is 1.81. The average Bonchev–Trinajstić information content (AvgIpc) is 2.33. The van der Waals surface area contributed by atoms with Gasteiger partial charge in [0.25, 0.3) is 0 Å². The summed E-state index contributed by atoms with van der Waals surface area (Å²) >= 11 is 0. The summed E-state index contributed by atoms with van der Waals surface area (Å²) in [5.74, 6) is 0. The third-order valence-electron chi connectivity index (χ3n) is 2.98. The summed E-state index contributed by atoms with van der Waals surface area (Å²) in [7, 11) is 0. The summed E-state index contributed by atoms with van der Waals surface area (Å²) in [6.45, 7) is 0.230. The van der Waals surface area contributed by atoms with E-state index in [9.17, 15) is 4.79 Å². The van der Waals surface area contributed by atoms with Crippen molar-refractivity contribution in [2.75, 3.05) is 0 Å². The number of alkyl carbamates (subject to hydrolysis) is 1. The molecule has 0 aliphatic heterocycles. The first-order valence-electron chi connectivity index (χ1n) is 5.64. The van der Waals surface area contributed by atoms with E-state index >= 15 is 0 Å². The minimum absolute atomic E-state index is 0.230. The van der Waals surface area contributed by atoms with Crippen LogP contribution in [0.2, 0.25) is 0 Å². The molecule has 1 saturated carbocycles. The Morgan fingerprint density at radius 1 is 1.41 bits per heavy atom. The van der Waals surface area contributed by atoms with Crippen molar-refractivity contribution in [3.63, 3.8) is 0 Å². The molecule has 1 fully saturated rings. The molecule has 1 amide bonds. The molecule has 1 aromatic carbocycles. The van der Waals surface area contributed by atoms with E-state index in [1.165, 1.54) is 0 Å². The molecule has 0 atom stereocenters. The molecule has 0 unspecified atom stereocenters. The molecule has 0 spiro atoms. The van der Waals surface area contributed by atoms with Gasteiger partial charge in [0, 0.05) is 0 Å². The number of carbonyl (C=O) groups excluding carboxylic acids is 1. The van der Waals surface area contributed by atoms with Gasteiger partial charge in [0.2, 0.25) is 0 Å². The molecule has 1 aliphatic rings. The van der Waals surface area contributed by atoms with Crippen LogP contribution in [-0.4, -0.2) is 11.6 Å². The number of amides is 1. The van der Waals surface area contributed by atoms with Gasteiger partial charge in [-0.1, -0.05) is 30.3 Å². The number of carbonyl (C=O) groups is 1. The quantitative estimate of drug-likeness (QED) is 0.867. The van der Waals surface area contributed by atoms with Gasteiger partial charge >= 0.3 is 6.09 Å². The number of rotatable bonds is 3. The number of hydrogen-bond donors (Lipinski definition) is 1. The van der Waals surface area contributed by atoms with Gasteiger partial charge in [-0.2, -0.15) is 5.26 Å². The summed E-state index contributed by atoms with van der Waals surface area (Å²) in [5.41, 5.74) is 0.246. The fraction of sp³-hybridized carbons (Fsp3) is 0.385. The molecule has 1 aliphatic carbocycles. The molecule has 0 heterocycles. The van der Waals surface area contributed by atoms with Crippen LogP contribution in [0.1, 0.15) is 24.8 Å². The molecule has 0 aromatic heterocycles. The molecule has 2 rings (SSSR count). The summed E-state index contributed by atoms with van der Waals surface area (Å²) in [6.07, 6.45) is 1.88. The molecule has 88 valence electrons. The van der Waals surface area contributed by atoms with Crippen molar-refractivity contribution in [3.05, 3.63) is 35.9 Å².